The van der Waals surface area contributed by atoms with Gasteiger partial charge >= 0.3 is 5.97 Å². The maximum absolute atomic E-state index is 11.6. The van der Waals surface area contributed by atoms with Crippen molar-refractivity contribution in [2.75, 3.05) is 17.2 Å². The fraction of sp³-hybridized carbons (Fsp3) is 0.125. The minimum Gasteiger partial charge on any atom is -0.462 e. The first-order chi connectivity index (χ1) is 11.0. The summed E-state index contributed by atoms with van der Waals surface area (Å²) in [4.78, 5) is 11.6. The Balaban J connectivity index is 1.98. The standard InChI is InChI=1S/C16H14Cl2N2O2S/c1-2-22-15(21)10-3-6-12(7-4-10)19-16(23)20-14-8-5-11(17)9-13(14)18/h3-9H,2H2,1H3,(H2,19,20,23). The van der Waals surface area contributed by atoms with Crippen LogP contribution in [-0.4, -0.2) is 17.7 Å². The minimum absolute atomic E-state index is 0.342. The molecule has 0 saturated carbocycles. The van der Waals surface area contributed by atoms with Crippen molar-refractivity contribution in [2.24, 2.45) is 0 Å². The molecule has 0 amide bonds. The van der Waals surface area contributed by atoms with Gasteiger partial charge in [-0.2, -0.15) is 0 Å². The third kappa shape index (κ3) is 5.10. The molecule has 0 radical (unpaired) electrons. The van der Waals surface area contributed by atoms with Crippen molar-refractivity contribution in [3.63, 3.8) is 0 Å². The van der Waals surface area contributed by atoms with E-state index in [0.29, 0.717) is 33.0 Å². The number of halogens is 2. The van der Waals surface area contributed by atoms with E-state index < -0.39 is 0 Å². The fourth-order valence-corrected chi connectivity index (χ4v) is 2.46. The molecular formula is C16H14Cl2N2O2S. The Hall–Kier alpha value is -1.82. The maximum atomic E-state index is 11.6. The molecule has 0 aliphatic heterocycles. The number of anilines is 2. The quantitative estimate of drug-likeness (QED) is 0.588. The Bertz CT molecular complexity index is 721. The molecule has 0 aromatic heterocycles. The van der Waals surface area contributed by atoms with Crippen LogP contribution in [0, 0.1) is 0 Å². The van der Waals surface area contributed by atoms with Crippen molar-refractivity contribution in [1.29, 1.82) is 0 Å². The monoisotopic (exact) mass is 368 g/mol. The second-order valence-corrected chi connectivity index (χ2v) is 5.75. The number of benzene rings is 2. The normalized spacial score (nSPS) is 10.0. The van der Waals surface area contributed by atoms with Crippen LogP contribution in [0.5, 0.6) is 0 Å². The predicted molar refractivity (Wildman–Crippen MR) is 98.7 cm³/mol. The zero-order valence-corrected chi connectivity index (χ0v) is 14.6. The molecule has 7 heteroatoms. The van der Waals surface area contributed by atoms with Crippen LogP contribution < -0.4 is 10.6 Å². The van der Waals surface area contributed by atoms with E-state index in [-0.39, 0.29) is 5.97 Å². The van der Waals surface area contributed by atoms with Gasteiger partial charge in [-0.3, -0.25) is 0 Å². The average molecular weight is 369 g/mol. The van der Waals surface area contributed by atoms with E-state index in [0.717, 1.165) is 5.69 Å². The molecule has 2 N–H and O–H groups in total. The third-order valence-corrected chi connectivity index (χ3v) is 3.59. The lowest BCUT2D eigenvalue weighted by Crippen LogP contribution is -2.19. The van der Waals surface area contributed by atoms with Crippen LogP contribution in [0.2, 0.25) is 10.0 Å². The van der Waals surface area contributed by atoms with Crippen LogP contribution in [-0.2, 0) is 4.74 Å². The van der Waals surface area contributed by atoms with E-state index >= 15 is 0 Å². The van der Waals surface area contributed by atoms with Gasteiger partial charge in [0.05, 0.1) is 22.9 Å². The molecule has 2 rings (SSSR count). The van der Waals surface area contributed by atoms with Crippen LogP contribution >= 0.6 is 35.4 Å². The molecule has 0 aliphatic rings. The zero-order chi connectivity index (χ0) is 16.8. The summed E-state index contributed by atoms with van der Waals surface area (Å²) in [5, 5.41) is 7.38. The van der Waals surface area contributed by atoms with Crippen molar-refractivity contribution < 1.29 is 9.53 Å². The van der Waals surface area contributed by atoms with Gasteiger partial charge in [-0.05, 0) is 61.6 Å². The first kappa shape index (κ1) is 17.5. The van der Waals surface area contributed by atoms with Gasteiger partial charge < -0.3 is 15.4 Å². The van der Waals surface area contributed by atoms with Gasteiger partial charge in [0.2, 0.25) is 0 Å². The number of thiocarbonyl (C=S) groups is 1. The van der Waals surface area contributed by atoms with Crippen LogP contribution in [0.1, 0.15) is 17.3 Å². The minimum atomic E-state index is -0.354. The number of carbonyl (C=O) groups is 1. The summed E-state index contributed by atoms with van der Waals surface area (Å²) in [6.45, 7) is 2.11. The first-order valence-corrected chi connectivity index (χ1v) is 7.96. The lowest BCUT2D eigenvalue weighted by Gasteiger charge is -2.12. The van der Waals surface area contributed by atoms with Crippen molar-refractivity contribution >= 4 is 57.9 Å². The van der Waals surface area contributed by atoms with Gasteiger partial charge in [0.1, 0.15) is 0 Å². The summed E-state index contributed by atoms with van der Waals surface area (Å²) < 4.78 is 4.93. The zero-order valence-electron chi connectivity index (χ0n) is 12.2. The highest BCUT2D eigenvalue weighted by Gasteiger charge is 2.07. The highest BCUT2D eigenvalue weighted by molar-refractivity contribution is 7.80. The van der Waals surface area contributed by atoms with Gasteiger partial charge in [0.15, 0.2) is 5.11 Å². The van der Waals surface area contributed by atoms with E-state index in [1.807, 2.05) is 0 Å². The molecule has 4 nitrogen and oxygen atoms in total. The van der Waals surface area contributed by atoms with E-state index in [9.17, 15) is 4.79 Å². The number of hydrogen-bond donors (Lipinski definition) is 2. The van der Waals surface area contributed by atoms with E-state index in [2.05, 4.69) is 10.6 Å². The molecule has 0 saturated heterocycles. The molecule has 0 heterocycles. The molecule has 2 aromatic rings. The van der Waals surface area contributed by atoms with E-state index in [1.54, 1.807) is 49.4 Å². The van der Waals surface area contributed by atoms with Crippen LogP contribution in [0.4, 0.5) is 11.4 Å². The number of ether oxygens (including phenoxy) is 1. The Kier molecular flexibility index (Phi) is 6.21. The van der Waals surface area contributed by atoms with Gasteiger partial charge in [-0.25, -0.2) is 4.79 Å². The van der Waals surface area contributed by atoms with Gasteiger partial charge in [-0.1, -0.05) is 23.2 Å². The largest absolute Gasteiger partial charge is 0.462 e. The second-order valence-electron chi connectivity index (χ2n) is 4.50. The van der Waals surface area contributed by atoms with Crippen LogP contribution in [0.15, 0.2) is 42.5 Å². The van der Waals surface area contributed by atoms with Crippen LogP contribution in [0.3, 0.4) is 0 Å². The average Bonchev–Trinajstić information content (AvgIpc) is 2.51. The SMILES string of the molecule is CCOC(=O)c1ccc(NC(=S)Nc2ccc(Cl)cc2Cl)cc1. The summed E-state index contributed by atoms with van der Waals surface area (Å²) in [6, 6.07) is 11.9. The number of esters is 1. The lowest BCUT2D eigenvalue weighted by atomic mass is 10.2. The molecule has 0 aliphatic carbocycles. The highest BCUT2D eigenvalue weighted by atomic mass is 35.5. The molecule has 0 bridgehead atoms. The van der Waals surface area contributed by atoms with Gasteiger partial charge in [0.25, 0.3) is 0 Å². The third-order valence-electron chi connectivity index (χ3n) is 2.83. The Morgan fingerprint density at radius 3 is 2.43 bits per heavy atom. The van der Waals surface area contributed by atoms with Crippen molar-refractivity contribution in [3.8, 4) is 0 Å². The van der Waals surface area contributed by atoms with E-state index in [1.165, 1.54) is 0 Å². The number of nitrogens with one attached hydrogen (secondary N) is 2. The van der Waals surface area contributed by atoms with Crippen LogP contribution in [0.25, 0.3) is 0 Å². The van der Waals surface area contributed by atoms with E-state index in [4.69, 9.17) is 40.2 Å². The maximum Gasteiger partial charge on any atom is 0.338 e. The van der Waals surface area contributed by atoms with Crippen molar-refractivity contribution in [1.82, 2.24) is 0 Å². The molecule has 0 spiro atoms. The molecule has 23 heavy (non-hydrogen) atoms. The molecule has 2 aromatic carbocycles. The number of carbonyl (C=O) groups excluding carboxylic acids is 1. The summed E-state index contributed by atoms with van der Waals surface area (Å²) >= 11 is 17.2. The molecule has 0 atom stereocenters. The predicted octanol–water partition coefficient (Wildman–Crippen LogP) is 4.98. The number of hydrogen-bond acceptors (Lipinski definition) is 3. The first-order valence-electron chi connectivity index (χ1n) is 6.80. The summed E-state index contributed by atoms with van der Waals surface area (Å²) in [5.74, 6) is -0.354. The second kappa shape index (κ2) is 8.15. The topological polar surface area (TPSA) is 50.4 Å². The van der Waals surface area contributed by atoms with Crippen molar-refractivity contribution in [3.05, 3.63) is 58.1 Å². The van der Waals surface area contributed by atoms with Gasteiger partial charge in [-0.15, -0.1) is 0 Å². The summed E-state index contributed by atoms with van der Waals surface area (Å²) in [6.07, 6.45) is 0. The molecule has 0 unspecified atom stereocenters. The van der Waals surface area contributed by atoms with Crippen molar-refractivity contribution in [2.45, 2.75) is 6.92 Å². The lowest BCUT2D eigenvalue weighted by molar-refractivity contribution is 0.0526. The smallest absolute Gasteiger partial charge is 0.338 e. The molecule has 0 fully saturated rings. The Labute approximate surface area is 149 Å². The Morgan fingerprint density at radius 1 is 1.13 bits per heavy atom. The summed E-state index contributed by atoms with van der Waals surface area (Å²) in [7, 11) is 0. The molecule has 120 valence electrons. The Morgan fingerprint density at radius 2 is 1.83 bits per heavy atom. The number of rotatable bonds is 4. The fourth-order valence-electron chi connectivity index (χ4n) is 1.78. The summed E-state index contributed by atoms with van der Waals surface area (Å²) in [5.41, 5.74) is 1.87. The highest BCUT2D eigenvalue weighted by Crippen LogP contribution is 2.25. The molecular weight excluding hydrogens is 355 g/mol. The van der Waals surface area contributed by atoms with Gasteiger partial charge in [0, 0.05) is 10.7 Å².